The van der Waals surface area contributed by atoms with Gasteiger partial charge in [0, 0.05) is 6.42 Å². The minimum Gasteiger partial charge on any atom is -0.454 e. The van der Waals surface area contributed by atoms with Crippen LogP contribution in [0.5, 0.6) is 0 Å². The average molecular weight is 1020 g/mol. The van der Waals surface area contributed by atoms with Gasteiger partial charge in [-0.05, 0) is 83.5 Å². The number of carbonyl (C=O) groups is 2. The molecule has 0 aliphatic carbocycles. The highest BCUT2D eigenvalue weighted by Gasteiger charge is 2.47. The predicted octanol–water partition coefficient (Wildman–Crippen LogP) is 12.9. The Hall–Kier alpha value is -3.68. The Morgan fingerprint density at radius 2 is 1.05 bits per heavy atom. The molecule has 1 amide bonds. The first-order valence-corrected chi connectivity index (χ1v) is 28.7. The Labute approximate surface area is 443 Å². The van der Waals surface area contributed by atoms with E-state index in [1.165, 1.54) is 51.4 Å². The highest BCUT2D eigenvalue weighted by atomic mass is 16.7. The summed E-state index contributed by atoms with van der Waals surface area (Å²) >= 11 is 0. The number of unbranched alkanes of at least 4 members (excludes halogenated alkanes) is 18. The van der Waals surface area contributed by atoms with E-state index in [1.807, 2.05) is 30.4 Å². The highest BCUT2D eigenvalue weighted by molar-refractivity contribution is 5.80. The van der Waals surface area contributed by atoms with Gasteiger partial charge in [-0.25, -0.2) is 0 Å². The molecule has 8 atom stereocenters. The number of hydrogen-bond acceptors (Lipinski definition) is 10. The maximum Gasteiger partial charge on any atom is 0.306 e. The first-order chi connectivity index (χ1) is 35.7. The Bertz CT molecular complexity index is 1600. The van der Waals surface area contributed by atoms with E-state index in [4.69, 9.17) is 14.2 Å². The first-order valence-electron chi connectivity index (χ1n) is 28.7. The van der Waals surface area contributed by atoms with Gasteiger partial charge in [0.25, 0.3) is 0 Å². The molecule has 416 valence electrons. The molecule has 73 heavy (non-hydrogen) atoms. The molecule has 11 nitrogen and oxygen atoms in total. The van der Waals surface area contributed by atoms with Crippen molar-refractivity contribution in [3.05, 3.63) is 109 Å². The Morgan fingerprint density at radius 1 is 0.562 bits per heavy atom. The number of allylic oxidation sites excluding steroid dienone is 17. The van der Waals surface area contributed by atoms with Crippen LogP contribution in [-0.2, 0) is 23.8 Å². The van der Waals surface area contributed by atoms with Crippen molar-refractivity contribution < 1.29 is 49.3 Å². The zero-order chi connectivity index (χ0) is 53.3. The molecule has 0 saturated carbocycles. The number of amides is 1. The summed E-state index contributed by atoms with van der Waals surface area (Å²) in [4.78, 5) is 26.4. The van der Waals surface area contributed by atoms with E-state index in [-0.39, 0.29) is 19.4 Å². The number of nitrogens with one attached hydrogen (secondary N) is 1. The molecule has 1 fully saturated rings. The number of aliphatic hydroxyl groups is 5. The largest absolute Gasteiger partial charge is 0.454 e. The van der Waals surface area contributed by atoms with Crippen molar-refractivity contribution in [1.29, 1.82) is 0 Å². The fourth-order valence-corrected chi connectivity index (χ4v) is 8.21. The SMILES string of the molecule is CC/C=C\C/C=C\C/C=C\C/C=C\C/C=C\CCCC(=O)OC1C(OCC(NC(=O)C(O)CCCCCCCC/C=C/C=C/C=C/CC)C(O)/C=C/CCCCCCCCCCCCC)OC(CO)C(O)C1O. The van der Waals surface area contributed by atoms with Gasteiger partial charge in [-0.1, -0.05) is 226 Å². The van der Waals surface area contributed by atoms with E-state index in [0.717, 1.165) is 103 Å². The Balaban J connectivity index is 2.79. The lowest BCUT2D eigenvalue weighted by atomic mass is 9.99. The second-order valence-corrected chi connectivity index (χ2v) is 19.3. The number of aliphatic hydroxyl groups excluding tert-OH is 5. The Kier molecular flexibility index (Phi) is 45.4. The molecule has 1 aliphatic rings. The molecule has 0 aromatic rings. The smallest absolute Gasteiger partial charge is 0.306 e. The van der Waals surface area contributed by atoms with Crippen LogP contribution in [0.1, 0.15) is 207 Å². The third-order valence-electron chi connectivity index (χ3n) is 12.7. The van der Waals surface area contributed by atoms with Gasteiger partial charge in [0.15, 0.2) is 12.4 Å². The van der Waals surface area contributed by atoms with Crippen LogP contribution < -0.4 is 5.32 Å². The van der Waals surface area contributed by atoms with Gasteiger partial charge in [-0.3, -0.25) is 9.59 Å². The molecule has 1 heterocycles. The van der Waals surface area contributed by atoms with Crippen LogP contribution in [0.4, 0.5) is 0 Å². The predicted molar refractivity (Wildman–Crippen MR) is 301 cm³/mol. The van der Waals surface area contributed by atoms with Crippen molar-refractivity contribution in [3.63, 3.8) is 0 Å². The quantitative estimate of drug-likeness (QED) is 0.0149. The minimum absolute atomic E-state index is 0.0379. The molecule has 0 aromatic heterocycles. The molecule has 0 bridgehead atoms. The summed E-state index contributed by atoms with van der Waals surface area (Å²) < 4.78 is 17.5. The minimum atomic E-state index is -1.64. The summed E-state index contributed by atoms with van der Waals surface area (Å²) in [5, 5.41) is 56.8. The molecule has 6 N–H and O–H groups in total. The lowest BCUT2D eigenvalue weighted by molar-refractivity contribution is -0.305. The summed E-state index contributed by atoms with van der Waals surface area (Å²) in [6, 6.07) is -1.05. The van der Waals surface area contributed by atoms with Crippen molar-refractivity contribution in [3.8, 4) is 0 Å². The van der Waals surface area contributed by atoms with Crippen LogP contribution in [0, 0.1) is 0 Å². The zero-order valence-corrected chi connectivity index (χ0v) is 45.7. The lowest BCUT2D eigenvalue weighted by Crippen LogP contribution is -2.61. The van der Waals surface area contributed by atoms with Crippen molar-refractivity contribution >= 4 is 11.9 Å². The van der Waals surface area contributed by atoms with E-state index in [0.29, 0.717) is 19.3 Å². The van der Waals surface area contributed by atoms with Crippen molar-refractivity contribution in [2.24, 2.45) is 0 Å². The van der Waals surface area contributed by atoms with Gasteiger partial charge in [0.1, 0.15) is 24.4 Å². The summed E-state index contributed by atoms with van der Waals surface area (Å²) in [7, 11) is 0. The number of ether oxygens (including phenoxy) is 3. The van der Waals surface area contributed by atoms with Gasteiger partial charge < -0.3 is 45.1 Å². The molecule has 0 spiro atoms. The zero-order valence-electron chi connectivity index (χ0n) is 45.7. The highest BCUT2D eigenvalue weighted by Crippen LogP contribution is 2.26. The number of esters is 1. The van der Waals surface area contributed by atoms with E-state index < -0.39 is 67.4 Å². The maximum absolute atomic E-state index is 13.4. The molecule has 0 radical (unpaired) electrons. The lowest BCUT2D eigenvalue weighted by Gasteiger charge is -2.41. The van der Waals surface area contributed by atoms with E-state index in [9.17, 15) is 35.1 Å². The molecule has 8 unspecified atom stereocenters. The van der Waals surface area contributed by atoms with Crippen molar-refractivity contribution in [2.45, 2.75) is 256 Å². The molecule has 1 rings (SSSR count). The van der Waals surface area contributed by atoms with Crippen LogP contribution in [0.3, 0.4) is 0 Å². The fourth-order valence-electron chi connectivity index (χ4n) is 8.21. The third-order valence-corrected chi connectivity index (χ3v) is 12.7. The molecular formula is C62H103NO10. The van der Waals surface area contributed by atoms with Crippen molar-refractivity contribution in [1.82, 2.24) is 5.32 Å². The molecule has 0 aromatic carbocycles. The van der Waals surface area contributed by atoms with Gasteiger partial charge in [0.05, 0.1) is 25.4 Å². The number of rotatable bonds is 46. The fraction of sp³-hybridized carbons (Fsp3) is 0.677. The summed E-state index contributed by atoms with van der Waals surface area (Å²) in [6.07, 6.45) is 55.6. The molecule has 1 aliphatic heterocycles. The molecule has 11 heteroatoms. The van der Waals surface area contributed by atoms with Gasteiger partial charge in [-0.2, -0.15) is 0 Å². The van der Waals surface area contributed by atoms with Crippen LogP contribution >= 0.6 is 0 Å². The van der Waals surface area contributed by atoms with Gasteiger partial charge in [-0.15, -0.1) is 0 Å². The summed E-state index contributed by atoms with van der Waals surface area (Å²) in [5.74, 6) is -1.28. The van der Waals surface area contributed by atoms with Crippen molar-refractivity contribution in [2.75, 3.05) is 13.2 Å². The van der Waals surface area contributed by atoms with Crippen LogP contribution in [0.25, 0.3) is 0 Å². The van der Waals surface area contributed by atoms with Crippen LogP contribution in [-0.4, -0.2) is 99.6 Å². The maximum atomic E-state index is 13.4. The standard InChI is InChI=1S/C62H103NO10/c1-4-7-10-13-16-19-22-25-27-28-29-32-35-38-41-44-47-50-57(67)73-60-59(69)58(68)56(51-64)72-62(60)71-52-53(54(65)48-45-42-39-36-33-30-24-21-18-15-12-9-6-3)63-61(70)55(66)49-46-43-40-37-34-31-26-23-20-17-14-11-8-5-2/h7-8,10-11,14,16-17,19-20,23,25,27,29,32,38,41,45,48,53-56,58-60,62,64-66,68-69H,4-6,9,12-13,15,18,21-22,24,26,28,30-31,33-37,39-40,42-44,46-47,49-52H2,1-3H3,(H,63,70)/b10-7-,11-8+,17-14+,19-16-,23-20+,27-25-,32-29-,41-38-,48-45+. The van der Waals surface area contributed by atoms with E-state index in [2.05, 4.69) is 99.0 Å². The van der Waals surface area contributed by atoms with E-state index in [1.54, 1.807) is 6.08 Å². The number of hydrogen-bond donors (Lipinski definition) is 6. The monoisotopic (exact) mass is 1020 g/mol. The summed E-state index contributed by atoms with van der Waals surface area (Å²) in [5.41, 5.74) is 0. The first kappa shape index (κ1) is 67.3. The van der Waals surface area contributed by atoms with Gasteiger partial charge >= 0.3 is 5.97 Å². The van der Waals surface area contributed by atoms with Crippen LogP contribution in [0.2, 0.25) is 0 Å². The topological polar surface area (TPSA) is 175 Å². The second kappa shape index (κ2) is 49.2. The molecule has 1 saturated heterocycles. The normalized spacial score (nSPS) is 20.2. The second-order valence-electron chi connectivity index (χ2n) is 19.3. The Morgan fingerprint density at radius 3 is 1.62 bits per heavy atom. The van der Waals surface area contributed by atoms with Crippen LogP contribution in [0.15, 0.2) is 109 Å². The van der Waals surface area contributed by atoms with E-state index >= 15 is 0 Å². The third kappa shape index (κ3) is 37.7. The average Bonchev–Trinajstić information content (AvgIpc) is 3.39. The summed E-state index contributed by atoms with van der Waals surface area (Å²) in [6.45, 7) is 5.48. The number of carbonyl (C=O) groups excluding carboxylic acids is 2. The van der Waals surface area contributed by atoms with Gasteiger partial charge in [0.2, 0.25) is 5.91 Å². The molecular weight excluding hydrogens is 919 g/mol.